The lowest BCUT2D eigenvalue weighted by molar-refractivity contribution is -0.116. The fraction of sp³-hybridized carbons (Fsp3) is 0.105. The molecule has 138 valence electrons. The van der Waals surface area contributed by atoms with Crippen LogP contribution in [0.2, 0.25) is 5.02 Å². The van der Waals surface area contributed by atoms with Gasteiger partial charge in [-0.1, -0.05) is 29.8 Å². The van der Waals surface area contributed by atoms with E-state index >= 15 is 0 Å². The van der Waals surface area contributed by atoms with Gasteiger partial charge in [-0.15, -0.1) is 11.3 Å². The summed E-state index contributed by atoms with van der Waals surface area (Å²) < 4.78 is 13.8. The van der Waals surface area contributed by atoms with Crippen LogP contribution in [0.1, 0.15) is 12.5 Å². The van der Waals surface area contributed by atoms with Crippen molar-refractivity contribution in [3.63, 3.8) is 0 Å². The summed E-state index contributed by atoms with van der Waals surface area (Å²) in [6, 6.07) is 11.5. The van der Waals surface area contributed by atoms with Crippen molar-refractivity contribution in [3.8, 4) is 11.3 Å². The van der Waals surface area contributed by atoms with Crippen LogP contribution in [0, 0.1) is 5.82 Å². The summed E-state index contributed by atoms with van der Waals surface area (Å²) in [6.45, 7) is 1.44. The van der Waals surface area contributed by atoms with Crippen molar-refractivity contribution in [3.05, 3.63) is 64.2 Å². The zero-order valence-corrected chi connectivity index (χ0v) is 15.8. The van der Waals surface area contributed by atoms with Gasteiger partial charge in [-0.2, -0.15) is 0 Å². The number of hydrogen-bond acceptors (Lipinski definition) is 4. The molecule has 3 aromatic rings. The molecule has 0 radical (unpaired) electrons. The van der Waals surface area contributed by atoms with Crippen molar-refractivity contribution >= 4 is 45.6 Å². The number of nitrogens with zero attached hydrogens (tertiary/aromatic N) is 1. The second-order valence-electron chi connectivity index (χ2n) is 5.72. The molecule has 5 nitrogen and oxygen atoms in total. The van der Waals surface area contributed by atoms with Gasteiger partial charge in [0.05, 0.1) is 12.1 Å². The minimum atomic E-state index is -0.517. The molecule has 0 saturated heterocycles. The van der Waals surface area contributed by atoms with Gasteiger partial charge in [-0.25, -0.2) is 9.37 Å². The Balaban J connectivity index is 1.67. The molecule has 2 amide bonds. The molecule has 1 aromatic heterocycles. The molecule has 27 heavy (non-hydrogen) atoms. The molecule has 0 bridgehead atoms. The van der Waals surface area contributed by atoms with Crippen molar-refractivity contribution in [2.24, 2.45) is 0 Å². The van der Waals surface area contributed by atoms with E-state index in [1.807, 2.05) is 12.1 Å². The Bertz CT molecular complexity index is 969. The lowest BCUT2D eigenvalue weighted by Gasteiger charge is -2.05. The highest BCUT2D eigenvalue weighted by atomic mass is 35.5. The first-order valence-corrected chi connectivity index (χ1v) is 9.24. The molecule has 8 heteroatoms. The van der Waals surface area contributed by atoms with Gasteiger partial charge < -0.3 is 10.6 Å². The van der Waals surface area contributed by atoms with E-state index in [0.717, 1.165) is 5.56 Å². The molecule has 2 aromatic carbocycles. The van der Waals surface area contributed by atoms with Crippen LogP contribution >= 0.6 is 22.9 Å². The minimum absolute atomic E-state index is 0.142. The van der Waals surface area contributed by atoms with Crippen LogP contribution in [0.3, 0.4) is 0 Å². The standard InChI is InChI=1S/C19H15ClFN3O2S/c1-11(25)22-13-7-5-12(6-8-13)17-10-27-19(23-17)24-18(26)9-14-15(20)3-2-4-16(14)21/h2-8,10H,9H2,1H3,(H,22,25)(H,23,24,26). The highest BCUT2D eigenvalue weighted by Gasteiger charge is 2.14. The van der Waals surface area contributed by atoms with Crippen LogP contribution in [0.4, 0.5) is 15.2 Å². The van der Waals surface area contributed by atoms with Gasteiger partial charge in [0, 0.05) is 34.1 Å². The monoisotopic (exact) mass is 403 g/mol. The van der Waals surface area contributed by atoms with Gasteiger partial charge in [0.25, 0.3) is 0 Å². The molecule has 0 aliphatic carbocycles. The fourth-order valence-corrected chi connectivity index (χ4v) is 3.38. The van der Waals surface area contributed by atoms with E-state index in [9.17, 15) is 14.0 Å². The normalized spacial score (nSPS) is 10.5. The maximum Gasteiger partial charge on any atom is 0.230 e. The van der Waals surface area contributed by atoms with Crippen molar-refractivity contribution in [1.82, 2.24) is 4.98 Å². The van der Waals surface area contributed by atoms with E-state index in [0.29, 0.717) is 16.5 Å². The first-order chi connectivity index (χ1) is 12.9. The van der Waals surface area contributed by atoms with Gasteiger partial charge in [-0.05, 0) is 24.3 Å². The van der Waals surface area contributed by atoms with Gasteiger partial charge in [0.15, 0.2) is 5.13 Å². The van der Waals surface area contributed by atoms with E-state index < -0.39 is 11.7 Å². The Morgan fingerprint density at radius 2 is 1.89 bits per heavy atom. The van der Waals surface area contributed by atoms with E-state index in [1.54, 1.807) is 23.6 Å². The van der Waals surface area contributed by atoms with Crippen molar-refractivity contribution in [1.29, 1.82) is 0 Å². The minimum Gasteiger partial charge on any atom is -0.326 e. The Hall–Kier alpha value is -2.77. The van der Waals surface area contributed by atoms with Crippen LogP contribution in [-0.4, -0.2) is 16.8 Å². The zero-order valence-electron chi connectivity index (χ0n) is 14.3. The van der Waals surface area contributed by atoms with E-state index in [4.69, 9.17) is 11.6 Å². The topological polar surface area (TPSA) is 71.1 Å². The molecule has 0 fully saturated rings. The second-order valence-corrected chi connectivity index (χ2v) is 6.99. The molecule has 0 aliphatic heterocycles. The average molecular weight is 404 g/mol. The van der Waals surface area contributed by atoms with Crippen LogP contribution in [0.15, 0.2) is 47.8 Å². The number of thiazole rings is 1. The number of anilines is 2. The molecule has 0 unspecified atom stereocenters. The number of halogens is 2. The summed E-state index contributed by atoms with van der Waals surface area (Å²) in [6.07, 6.45) is -0.175. The number of carbonyl (C=O) groups excluding carboxylic acids is 2. The summed E-state index contributed by atoms with van der Waals surface area (Å²) in [4.78, 5) is 27.6. The Morgan fingerprint density at radius 3 is 2.56 bits per heavy atom. The number of aromatic nitrogens is 1. The maximum atomic E-state index is 13.8. The molecule has 3 rings (SSSR count). The Kier molecular flexibility index (Phi) is 5.83. The number of benzene rings is 2. The second kappa shape index (κ2) is 8.28. The summed E-state index contributed by atoms with van der Waals surface area (Å²) in [5.41, 5.74) is 2.38. The average Bonchev–Trinajstić information content (AvgIpc) is 3.07. The number of carbonyl (C=O) groups is 2. The molecule has 1 heterocycles. The van der Waals surface area contributed by atoms with Crippen LogP contribution in [0.25, 0.3) is 11.3 Å². The third-order valence-corrected chi connectivity index (χ3v) is 4.76. The number of nitrogens with one attached hydrogen (secondary N) is 2. The van der Waals surface area contributed by atoms with Crippen LogP contribution in [0.5, 0.6) is 0 Å². The Morgan fingerprint density at radius 1 is 1.15 bits per heavy atom. The SMILES string of the molecule is CC(=O)Nc1ccc(-c2csc(NC(=O)Cc3c(F)cccc3Cl)n2)cc1. The Labute approximate surface area is 164 Å². The van der Waals surface area contributed by atoms with Gasteiger partial charge in [0.2, 0.25) is 11.8 Å². The van der Waals surface area contributed by atoms with Crippen LogP contribution < -0.4 is 10.6 Å². The summed E-state index contributed by atoms with van der Waals surface area (Å²) in [5.74, 6) is -1.06. The quantitative estimate of drug-likeness (QED) is 0.646. The predicted octanol–water partition coefficient (Wildman–Crippen LogP) is 4.74. The summed E-state index contributed by atoms with van der Waals surface area (Å²) in [5, 5.41) is 7.78. The maximum absolute atomic E-state index is 13.8. The van der Waals surface area contributed by atoms with Crippen molar-refractivity contribution < 1.29 is 14.0 Å². The third kappa shape index (κ3) is 4.90. The van der Waals surface area contributed by atoms with E-state index in [-0.39, 0.29) is 22.9 Å². The number of hydrogen-bond donors (Lipinski definition) is 2. The lowest BCUT2D eigenvalue weighted by atomic mass is 10.1. The first-order valence-electron chi connectivity index (χ1n) is 7.98. The predicted molar refractivity (Wildman–Crippen MR) is 106 cm³/mol. The molecule has 0 aliphatic rings. The lowest BCUT2D eigenvalue weighted by Crippen LogP contribution is -2.15. The first kappa shape index (κ1) is 19.0. The van der Waals surface area contributed by atoms with E-state index in [2.05, 4.69) is 15.6 Å². The highest BCUT2D eigenvalue weighted by molar-refractivity contribution is 7.14. The molecule has 2 N–H and O–H groups in total. The molecule has 0 atom stereocenters. The molecule has 0 spiro atoms. The van der Waals surface area contributed by atoms with Gasteiger partial charge in [0.1, 0.15) is 5.82 Å². The molecule has 0 saturated carbocycles. The highest BCUT2D eigenvalue weighted by Crippen LogP contribution is 2.26. The van der Waals surface area contributed by atoms with Crippen molar-refractivity contribution in [2.75, 3.05) is 10.6 Å². The fourth-order valence-electron chi connectivity index (χ4n) is 2.42. The van der Waals surface area contributed by atoms with Gasteiger partial charge in [-0.3, -0.25) is 9.59 Å². The summed E-state index contributed by atoms with van der Waals surface area (Å²) >= 11 is 7.21. The van der Waals surface area contributed by atoms with Crippen LogP contribution in [-0.2, 0) is 16.0 Å². The smallest absolute Gasteiger partial charge is 0.230 e. The summed E-state index contributed by atoms with van der Waals surface area (Å²) in [7, 11) is 0. The van der Waals surface area contributed by atoms with Gasteiger partial charge >= 0.3 is 0 Å². The molecular formula is C19H15ClFN3O2S. The zero-order chi connectivity index (χ0) is 19.4. The largest absolute Gasteiger partial charge is 0.326 e. The van der Waals surface area contributed by atoms with E-state index in [1.165, 1.54) is 30.4 Å². The third-order valence-electron chi connectivity index (χ3n) is 3.65. The molecular weight excluding hydrogens is 389 g/mol. The number of rotatable bonds is 5. The number of amides is 2. The van der Waals surface area contributed by atoms with Crippen molar-refractivity contribution in [2.45, 2.75) is 13.3 Å².